The highest BCUT2D eigenvalue weighted by Crippen LogP contribution is 2.26. The largest absolute Gasteiger partial charge is 0.347 e. The Morgan fingerprint density at radius 2 is 1.86 bits per heavy atom. The summed E-state index contributed by atoms with van der Waals surface area (Å²) in [6, 6.07) is 22.1. The second-order valence-electron chi connectivity index (χ2n) is 8.88. The molecule has 184 valence electrons. The zero-order valence-electron chi connectivity index (χ0n) is 19.7. The summed E-state index contributed by atoms with van der Waals surface area (Å²) in [6.45, 7) is 2.70. The second-order valence-corrected chi connectivity index (χ2v) is 10.2. The fourth-order valence-electron chi connectivity index (χ4n) is 4.41. The fourth-order valence-corrected chi connectivity index (χ4v) is 5.59. The number of nitrogens with one attached hydrogen (secondary N) is 2. The normalized spacial score (nSPS) is 17.2. The number of thioether (sulfide) groups is 1. The number of aliphatic imine (C=N–C) groups is 1. The van der Waals surface area contributed by atoms with Crippen LogP contribution < -0.4 is 10.6 Å². The Hall–Kier alpha value is -3.49. The smallest absolute Gasteiger partial charge is 0.270 e. The summed E-state index contributed by atoms with van der Waals surface area (Å²) in [4.78, 5) is 32.4. The molecule has 0 radical (unpaired) electrons. The first kappa shape index (κ1) is 24.2. The molecule has 1 saturated heterocycles. The average Bonchev–Trinajstić information content (AvgIpc) is 3.33. The molecule has 0 bridgehead atoms. The Balaban J connectivity index is 1.20. The molecule has 2 aliphatic heterocycles. The van der Waals surface area contributed by atoms with E-state index in [4.69, 9.17) is 0 Å². The van der Waals surface area contributed by atoms with Crippen LogP contribution in [0.25, 0.3) is 0 Å². The lowest BCUT2D eigenvalue weighted by Gasteiger charge is -2.31. The number of fused-ring (bicyclic) bond motifs is 1. The van der Waals surface area contributed by atoms with Crippen molar-refractivity contribution in [2.75, 3.05) is 24.2 Å². The van der Waals surface area contributed by atoms with E-state index >= 15 is 0 Å². The highest BCUT2D eigenvalue weighted by Gasteiger charge is 2.28. The van der Waals surface area contributed by atoms with Crippen molar-refractivity contribution >= 4 is 35.0 Å². The van der Waals surface area contributed by atoms with Gasteiger partial charge < -0.3 is 10.6 Å². The van der Waals surface area contributed by atoms with Gasteiger partial charge in [-0.25, -0.2) is 4.39 Å². The Bertz CT molecular complexity index is 1300. The summed E-state index contributed by atoms with van der Waals surface area (Å²) >= 11 is 1.61. The summed E-state index contributed by atoms with van der Waals surface area (Å²) in [5, 5.41) is 5.67. The lowest BCUT2D eigenvalue weighted by molar-refractivity contribution is -0.116. The van der Waals surface area contributed by atoms with Crippen LogP contribution in [0.4, 0.5) is 10.1 Å². The molecule has 0 aliphatic carbocycles. The van der Waals surface area contributed by atoms with Crippen molar-refractivity contribution in [3.05, 3.63) is 101 Å². The van der Waals surface area contributed by atoms with Gasteiger partial charge in [-0.1, -0.05) is 54.6 Å². The molecule has 2 heterocycles. The Morgan fingerprint density at radius 3 is 2.69 bits per heavy atom. The van der Waals surface area contributed by atoms with Gasteiger partial charge in [-0.15, -0.1) is 11.8 Å². The van der Waals surface area contributed by atoms with E-state index in [1.54, 1.807) is 23.9 Å². The van der Waals surface area contributed by atoms with Crippen molar-refractivity contribution in [1.29, 1.82) is 0 Å². The van der Waals surface area contributed by atoms with Crippen molar-refractivity contribution in [3.8, 4) is 0 Å². The molecule has 0 saturated carbocycles. The van der Waals surface area contributed by atoms with E-state index in [-0.39, 0.29) is 22.9 Å². The zero-order valence-corrected chi connectivity index (χ0v) is 20.6. The van der Waals surface area contributed by atoms with Crippen LogP contribution in [0.2, 0.25) is 0 Å². The van der Waals surface area contributed by atoms with E-state index in [1.165, 1.54) is 6.07 Å². The molecule has 3 aromatic carbocycles. The number of anilines is 1. The first-order chi connectivity index (χ1) is 17.6. The van der Waals surface area contributed by atoms with Gasteiger partial charge in [0.1, 0.15) is 11.5 Å². The Morgan fingerprint density at radius 1 is 1.06 bits per heavy atom. The van der Waals surface area contributed by atoms with E-state index in [2.05, 4.69) is 20.5 Å². The van der Waals surface area contributed by atoms with Gasteiger partial charge >= 0.3 is 0 Å². The lowest BCUT2D eigenvalue weighted by Crippen LogP contribution is -2.43. The number of carbonyl (C=O) groups excluding carboxylic acids is 2. The monoisotopic (exact) mass is 502 g/mol. The van der Waals surface area contributed by atoms with E-state index in [0.29, 0.717) is 43.1 Å². The summed E-state index contributed by atoms with van der Waals surface area (Å²) in [7, 11) is 0. The third-order valence-electron chi connectivity index (χ3n) is 6.35. The first-order valence-electron chi connectivity index (χ1n) is 11.9. The number of amides is 2. The van der Waals surface area contributed by atoms with Gasteiger partial charge in [0.25, 0.3) is 5.91 Å². The fraction of sp³-hybridized carbons (Fsp3) is 0.250. The number of carbonyl (C=O) groups is 2. The molecule has 2 N–H and O–H groups in total. The molecule has 5 rings (SSSR count). The molecule has 1 fully saturated rings. The van der Waals surface area contributed by atoms with E-state index in [1.807, 2.05) is 54.6 Å². The molecular formula is C28H27FN4O2S. The molecule has 6 nitrogen and oxygen atoms in total. The maximum absolute atomic E-state index is 14.1. The highest BCUT2D eigenvalue weighted by atomic mass is 32.2. The van der Waals surface area contributed by atoms with Crippen molar-refractivity contribution in [1.82, 2.24) is 10.2 Å². The van der Waals surface area contributed by atoms with Gasteiger partial charge in [0.15, 0.2) is 0 Å². The number of rotatable bonds is 7. The van der Waals surface area contributed by atoms with E-state index < -0.39 is 0 Å². The average molecular weight is 503 g/mol. The van der Waals surface area contributed by atoms with E-state index in [9.17, 15) is 14.0 Å². The number of hydrogen-bond donors (Lipinski definition) is 2. The summed E-state index contributed by atoms with van der Waals surface area (Å²) in [6.07, 6.45) is 0. The van der Waals surface area contributed by atoms with Gasteiger partial charge in [-0.2, -0.15) is 0 Å². The molecule has 0 spiro atoms. The standard InChI is InChI=1S/C28H27FN4O2S/c29-24-9-5-4-8-21(24)17-33-12-13-36-25(18-33)27(34)32-22-11-10-20-16-30-26(23(20)14-22)28(35)31-15-19-6-2-1-3-7-19/h1-11,14,25H,12-13,15-18H2,(H,31,35)(H,32,34). The number of nitrogens with zero attached hydrogens (tertiary/aromatic N) is 2. The maximum Gasteiger partial charge on any atom is 0.270 e. The molecule has 3 aromatic rings. The third kappa shape index (κ3) is 5.66. The van der Waals surface area contributed by atoms with Gasteiger partial charge in [-0.3, -0.25) is 19.5 Å². The summed E-state index contributed by atoms with van der Waals surface area (Å²) < 4.78 is 14.1. The summed E-state index contributed by atoms with van der Waals surface area (Å²) in [5.41, 5.74) is 4.38. The van der Waals surface area contributed by atoms with Gasteiger partial charge in [0.05, 0.1) is 11.8 Å². The van der Waals surface area contributed by atoms with Crippen LogP contribution >= 0.6 is 11.8 Å². The minimum atomic E-state index is -0.263. The second kappa shape index (κ2) is 11.1. The van der Waals surface area contributed by atoms with Crippen molar-refractivity contribution in [3.63, 3.8) is 0 Å². The Kier molecular flexibility index (Phi) is 7.44. The molecule has 36 heavy (non-hydrogen) atoms. The van der Waals surface area contributed by atoms with Crippen LogP contribution in [0.1, 0.15) is 22.3 Å². The van der Waals surface area contributed by atoms with Gasteiger partial charge in [0, 0.05) is 48.7 Å². The van der Waals surface area contributed by atoms with Crippen molar-refractivity contribution in [2.45, 2.75) is 24.9 Å². The zero-order chi connectivity index (χ0) is 24.9. The molecule has 1 unspecified atom stereocenters. The molecule has 8 heteroatoms. The lowest BCUT2D eigenvalue weighted by atomic mass is 10.0. The molecule has 2 aliphatic rings. The van der Waals surface area contributed by atoms with Crippen LogP contribution in [0, 0.1) is 5.82 Å². The van der Waals surface area contributed by atoms with Crippen LogP contribution in [0.15, 0.2) is 77.8 Å². The number of benzene rings is 3. The van der Waals surface area contributed by atoms with Crippen LogP contribution in [0.3, 0.4) is 0 Å². The first-order valence-corrected chi connectivity index (χ1v) is 13.0. The summed E-state index contributed by atoms with van der Waals surface area (Å²) in [5.74, 6) is 0.255. The van der Waals surface area contributed by atoms with E-state index in [0.717, 1.165) is 29.0 Å². The van der Waals surface area contributed by atoms with Crippen LogP contribution in [-0.2, 0) is 29.2 Å². The highest BCUT2D eigenvalue weighted by molar-refractivity contribution is 8.00. The SMILES string of the molecule is O=C(NCc1ccccc1)C1=NCc2ccc(NC(=O)C3CN(Cc4ccccc4F)CCS3)cc21. The van der Waals surface area contributed by atoms with Crippen LogP contribution in [-0.4, -0.2) is 46.5 Å². The molecule has 1 atom stereocenters. The quantitative estimate of drug-likeness (QED) is 0.512. The topological polar surface area (TPSA) is 73.8 Å². The third-order valence-corrected chi connectivity index (χ3v) is 7.53. The molecule has 0 aromatic heterocycles. The Labute approximate surface area is 214 Å². The number of halogens is 1. The minimum absolute atomic E-state index is 0.0943. The maximum atomic E-state index is 14.1. The minimum Gasteiger partial charge on any atom is -0.347 e. The van der Waals surface area contributed by atoms with Crippen molar-refractivity contribution < 1.29 is 14.0 Å². The molecule has 2 amide bonds. The molecular weight excluding hydrogens is 475 g/mol. The van der Waals surface area contributed by atoms with Gasteiger partial charge in [0.2, 0.25) is 5.91 Å². The van der Waals surface area contributed by atoms with Gasteiger partial charge in [-0.05, 0) is 29.3 Å². The number of hydrogen-bond acceptors (Lipinski definition) is 5. The van der Waals surface area contributed by atoms with Crippen molar-refractivity contribution in [2.24, 2.45) is 4.99 Å². The van der Waals surface area contributed by atoms with Crippen LogP contribution in [0.5, 0.6) is 0 Å². The predicted molar refractivity (Wildman–Crippen MR) is 142 cm³/mol. The predicted octanol–water partition coefficient (Wildman–Crippen LogP) is 4.00.